The number of ether oxygens (including phenoxy) is 3. The van der Waals surface area contributed by atoms with Crippen LogP contribution in [0.3, 0.4) is 0 Å². The normalized spacial score (nSPS) is 12.6. The number of hydrogen-bond donors (Lipinski definition) is 0. The minimum Gasteiger partial charge on any atom is -0.497 e. The van der Waals surface area contributed by atoms with Crippen LogP contribution in [0.4, 0.5) is 0 Å². The molecule has 1 aliphatic rings. The Morgan fingerprint density at radius 1 is 0.515 bits per heavy atom. The molecule has 0 radical (unpaired) electrons. The summed E-state index contributed by atoms with van der Waals surface area (Å²) in [5, 5.41) is 0. The first-order valence-corrected chi connectivity index (χ1v) is 11.3. The molecule has 0 aliphatic heterocycles. The van der Waals surface area contributed by atoms with Crippen LogP contribution in [0.1, 0.15) is 36.1 Å². The lowest BCUT2D eigenvalue weighted by atomic mass is 9.67. The van der Waals surface area contributed by atoms with Crippen molar-refractivity contribution in [3.05, 3.63) is 113 Å². The van der Waals surface area contributed by atoms with Gasteiger partial charge in [-0.15, -0.1) is 0 Å². The molecule has 0 saturated carbocycles. The molecule has 0 fully saturated rings. The van der Waals surface area contributed by atoms with E-state index < -0.39 is 5.41 Å². The number of methoxy groups -OCH3 is 3. The molecule has 33 heavy (non-hydrogen) atoms. The molecule has 4 aromatic carbocycles. The summed E-state index contributed by atoms with van der Waals surface area (Å²) >= 11 is 0. The fraction of sp³-hybridized carbons (Fsp3) is 0.200. The van der Waals surface area contributed by atoms with E-state index in [4.69, 9.17) is 14.2 Å². The summed E-state index contributed by atoms with van der Waals surface area (Å²) in [5.74, 6) is 2.41. The van der Waals surface area contributed by atoms with Crippen molar-refractivity contribution < 1.29 is 14.2 Å². The fourth-order valence-corrected chi connectivity index (χ4v) is 5.03. The van der Waals surface area contributed by atoms with Gasteiger partial charge in [0.05, 0.1) is 26.7 Å². The van der Waals surface area contributed by atoms with Crippen molar-refractivity contribution in [1.82, 2.24) is 0 Å². The lowest BCUT2D eigenvalue weighted by Crippen LogP contribution is -2.29. The molecule has 1 aliphatic carbocycles. The average Bonchev–Trinajstić information content (AvgIpc) is 3.21. The van der Waals surface area contributed by atoms with Crippen LogP contribution in [-0.2, 0) is 5.41 Å². The summed E-state index contributed by atoms with van der Waals surface area (Å²) in [6, 6.07) is 31.5. The molecule has 0 spiro atoms. The van der Waals surface area contributed by atoms with Crippen LogP contribution < -0.4 is 14.2 Å². The quantitative estimate of drug-likeness (QED) is 0.293. The van der Waals surface area contributed by atoms with E-state index in [0.717, 1.165) is 50.6 Å². The highest BCUT2D eigenvalue weighted by Gasteiger charge is 2.50. The summed E-state index contributed by atoms with van der Waals surface area (Å²) in [6.45, 7) is 4.00. The van der Waals surface area contributed by atoms with E-state index >= 15 is 0 Å². The molecule has 0 unspecified atom stereocenters. The minimum absolute atomic E-state index is 0.586. The Bertz CT molecular complexity index is 1190. The zero-order valence-corrected chi connectivity index (χ0v) is 19.9. The van der Waals surface area contributed by atoms with Gasteiger partial charge in [-0.3, -0.25) is 0 Å². The Kier molecular flexibility index (Phi) is 6.41. The third-order valence-corrected chi connectivity index (χ3v) is 6.23. The molecular formula is C30H30O3. The zero-order valence-electron chi connectivity index (χ0n) is 19.9. The van der Waals surface area contributed by atoms with Crippen molar-refractivity contribution in [2.75, 3.05) is 21.3 Å². The van der Waals surface area contributed by atoms with Gasteiger partial charge in [0.15, 0.2) is 0 Å². The van der Waals surface area contributed by atoms with E-state index in [1.165, 1.54) is 0 Å². The maximum absolute atomic E-state index is 5.98. The first-order valence-electron chi connectivity index (χ1n) is 11.3. The Balaban J connectivity index is 0.00000126. The van der Waals surface area contributed by atoms with Crippen molar-refractivity contribution in [1.29, 1.82) is 0 Å². The van der Waals surface area contributed by atoms with E-state index in [2.05, 4.69) is 60.7 Å². The molecular weight excluding hydrogens is 408 g/mol. The Morgan fingerprint density at radius 2 is 1.06 bits per heavy atom. The van der Waals surface area contributed by atoms with Crippen LogP contribution in [0.5, 0.6) is 17.2 Å². The van der Waals surface area contributed by atoms with Crippen molar-refractivity contribution >= 4 is 0 Å². The van der Waals surface area contributed by atoms with Crippen LogP contribution in [0.2, 0.25) is 0 Å². The topological polar surface area (TPSA) is 27.7 Å². The highest BCUT2D eigenvalue weighted by Crippen LogP contribution is 2.61. The van der Waals surface area contributed by atoms with Gasteiger partial charge in [-0.1, -0.05) is 86.6 Å². The summed E-state index contributed by atoms with van der Waals surface area (Å²) in [7, 11) is 5.14. The lowest BCUT2D eigenvalue weighted by molar-refractivity contribution is 0.387. The monoisotopic (exact) mass is 438 g/mol. The smallest absolute Gasteiger partial charge is 0.127 e. The largest absolute Gasteiger partial charge is 0.497 e. The van der Waals surface area contributed by atoms with E-state index in [0.29, 0.717) is 0 Å². The number of benzene rings is 4. The van der Waals surface area contributed by atoms with Gasteiger partial charge in [0.25, 0.3) is 0 Å². The van der Waals surface area contributed by atoms with Crippen LogP contribution in [-0.4, -0.2) is 21.3 Å². The third kappa shape index (κ3) is 3.36. The summed E-state index contributed by atoms with van der Waals surface area (Å²) in [4.78, 5) is 0. The molecule has 0 saturated heterocycles. The Hall–Kier alpha value is -3.72. The van der Waals surface area contributed by atoms with Gasteiger partial charge in [-0.25, -0.2) is 0 Å². The molecule has 0 bridgehead atoms. The van der Waals surface area contributed by atoms with E-state index in [9.17, 15) is 0 Å². The van der Waals surface area contributed by atoms with Gasteiger partial charge >= 0.3 is 0 Å². The molecule has 168 valence electrons. The molecule has 0 heterocycles. The highest BCUT2D eigenvalue weighted by molar-refractivity contribution is 5.91. The van der Waals surface area contributed by atoms with Crippen molar-refractivity contribution in [2.24, 2.45) is 0 Å². The minimum atomic E-state index is -0.586. The van der Waals surface area contributed by atoms with Crippen LogP contribution in [0.25, 0.3) is 11.1 Å². The Labute approximate surface area is 196 Å². The van der Waals surface area contributed by atoms with Gasteiger partial charge < -0.3 is 14.2 Å². The molecule has 0 atom stereocenters. The predicted molar refractivity (Wildman–Crippen MR) is 135 cm³/mol. The van der Waals surface area contributed by atoms with Gasteiger partial charge in [0.1, 0.15) is 17.2 Å². The molecule has 0 amide bonds. The van der Waals surface area contributed by atoms with Crippen molar-refractivity contribution in [2.45, 2.75) is 19.3 Å². The summed E-state index contributed by atoms with van der Waals surface area (Å²) in [6.07, 6.45) is 0. The maximum Gasteiger partial charge on any atom is 0.127 e. The second-order valence-corrected chi connectivity index (χ2v) is 7.62. The number of rotatable bonds is 5. The first-order chi connectivity index (χ1) is 16.2. The van der Waals surface area contributed by atoms with E-state index in [1.807, 2.05) is 44.2 Å². The van der Waals surface area contributed by atoms with Crippen molar-refractivity contribution in [3.8, 4) is 28.4 Å². The van der Waals surface area contributed by atoms with Gasteiger partial charge in [0, 0.05) is 17.2 Å². The zero-order chi connectivity index (χ0) is 23.4. The average molecular weight is 439 g/mol. The lowest BCUT2D eigenvalue weighted by Gasteiger charge is -2.35. The molecule has 4 aromatic rings. The SMILES string of the molecule is CC.COc1cc(OC)c2c(c1)-c1cccc(OC)c1C2(c1ccccc1)c1ccccc1. The second kappa shape index (κ2) is 9.41. The predicted octanol–water partition coefficient (Wildman–Crippen LogP) is 7.10. The number of hydrogen-bond acceptors (Lipinski definition) is 3. The second-order valence-electron chi connectivity index (χ2n) is 7.62. The van der Waals surface area contributed by atoms with Crippen molar-refractivity contribution in [3.63, 3.8) is 0 Å². The van der Waals surface area contributed by atoms with E-state index in [1.54, 1.807) is 21.3 Å². The molecule has 3 nitrogen and oxygen atoms in total. The fourth-order valence-electron chi connectivity index (χ4n) is 5.03. The summed E-state index contributed by atoms with van der Waals surface area (Å²) in [5.41, 5.74) is 6.18. The van der Waals surface area contributed by atoms with Crippen LogP contribution in [0, 0.1) is 0 Å². The van der Waals surface area contributed by atoms with Crippen LogP contribution in [0.15, 0.2) is 91.0 Å². The summed E-state index contributed by atoms with van der Waals surface area (Å²) < 4.78 is 17.5. The molecule has 0 aromatic heterocycles. The van der Waals surface area contributed by atoms with Gasteiger partial charge in [0.2, 0.25) is 0 Å². The maximum atomic E-state index is 5.98. The highest BCUT2D eigenvalue weighted by atomic mass is 16.5. The standard InChI is InChI=1S/C28H24O3.C2H6/c1-29-21-17-23-22-15-10-16-24(30-2)26(22)28(19-11-6-4-7-12-19,20-13-8-5-9-14-20)27(23)25(18-21)31-3;1-2/h4-18H,1-3H3;1-2H3. The van der Waals surface area contributed by atoms with Gasteiger partial charge in [-0.05, 0) is 34.4 Å². The van der Waals surface area contributed by atoms with E-state index in [-0.39, 0.29) is 0 Å². The number of fused-ring (bicyclic) bond motifs is 3. The van der Waals surface area contributed by atoms with Gasteiger partial charge in [-0.2, -0.15) is 0 Å². The molecule has 3 heteroatoms. The third-order valence-electron chi connectivity index (χ3n) is 6.23. The molecule has 5 rings (SSSR count). The Morgan fingerprint density at radius 3 is 1.58 bits per heavy atom. The first kappa shape index (κ1) is 22.5. The van der Waals surface area contributed by atoms with Crippen LogP contribution >= 0.6 is 0 Å². The molecule has 0 N–H and O–H groups in total.